The summed E-state index contributed by atoms with van der Waals surface area (Å²) in [6, 6.07) is 0.333. The van der Waals surface area contributed by atoms with E-state index in [2.05, 4.69) is 25.7 Å². The molecule has 2 unspecified atom stereocenters. The van der Waals surface area contributed by atoms with Crippen molar-refractivity contribution in [1.29, 1.82) is 0 Å². The number of hydrogen-bond acceptors (Lipinski definition) is 3. The molecular formula is C14H30N2O. The van der Waals surface area contributed by atoms with E-state index in [1.807, 2.05) is 0 Å². The zero-order valence-corrected chi connectivity index (χ0v) is 11.8. The maximum absolute atomic E-state index is 5.98. The lowest BCUT2D eigenvalue weighted by Gasteiger charge is -2.34. The first kappa shape index (κ1) is 14.9. The van der Waals surface area contributed by atoms with Crippen LogP contribution < -0.4 is 5.73 Å². The summed E-state index contributed by atoms with van der Waals surface area (Å²) < 4.78 is 5.67. The van der Waals surface area contributed by atoms with Crippen molar-refractivity contribution in [2.24, 2.45) is 17.6 Å². The molecule has 1 saturated heterocycles. The topological polar surface area (TPSA) is 38.5 Å². The van der Waals surface area contributed by atoms with Gasteiger partial charge in [0, 0.05) is 25.7 Å². The number of nitrogens with two attached hydrogens (primary N) is 1. The van der Waals surface area contributed by atoms with Crippen LogP contribution >= 0.6 is 0 Å². The predicted octanol–water partition coefficient (Wildman–Crippen LogP) is 2.11. The minimum atomic E-state index is 0.333. The Bertz CT molecular complexity index is 195. The van der Waals surface area contributed by atoms with Gasteiger partial charge in [-0.15, -0.1) is 0 Å². The van der Waals surface area contributed by atoms with Gasteiger partial charge in [-0.25, -0.2) is 0 Å². The van der Waals surface area contributed by atoms with E-state index in [1.54, 1.807) is 0 Å². The van der Waals surface area contributed by atoms with Gasteiger partial charge >= 0.3 is 0 Å². The summed E-state index contributed by atoms with van der Waals surface area (Å²) in [6.07, 6.45) is 3.75. The molecule has 0 aromatic heterocycles. The maximum atomic E-state index is 5.98. The average molecular weight is 242 g/mol. The molecule has 17 heavy (non-hydrogen) atoms. The third-order valence-corrected chi connectivity index (χ3v) is 3.68. The number of hydrogen-bond donors (Lipinski definition) is 1. The second kappa shape index (κ2) is 8.06. The normalized spacial score (nSPS) is 24.2. The molecule has 2 atom stereocenters. The van der Waals surface area contributed by atoms with Crippen molar-refractivity contribution in [1.82, 2.24) is 4.90 Å². The van der Waals surface area contributed by atoms with Crippen molar-refractivity contribution < 1.29 is 4.74 Å². The van der Waals surface area contributed by atoms with Crippen LogP contribution in [0.15, 0.2) is 0 Å². The summed E-state index contributed by atoms with van der Waals surface area (Å²) >= 11 is 0. The SMILES string of the molecule is CC(C)CCOCCN1CCCC(C(C)N)C1. The van der Waals surface area contributed by atoms with Crippen LogP contribution in [0.3, 0.4) is 0 Å². The zero-order valence-electron chi connectivity index (χ0n) is 11.8. The molecule has 2 N–H and O–H groups in total. The van der Waals surface area contributed by atoms with E-state index < -0.39 is 0 Å². The van der Waals surface area contributed by atoms with Crippen molar-refractivity contribution in [3.05, 3.63) is 0 Å². The molecule has 0 bridgehead atoms. The van der Waals surface area contributed by atoms with E-state index in [0.29, 0.717) is 12.0 Å². The van der Waals surface area contributed by atoms with E-state index in [-0.39, 0.29) is 0 Å². The largest absolute Gasteiger partial charge is 0.380 e. The smallest absolute Gasteiger partial charge is 0.0593 e. The summed E-state index contributed by atoms with van der Waals surface area (Å²) in [5.41, 5.74) is 5.98. The Morgan fingerprint density at radius 1 is 1.29 bits per heavy atom. The second-order valence-corrected chi connectivity index (χ2v) is 5.86. The Hall–Kier alpha value is -0.120. The molecule has 1 aliphatic heterocycles. The lowest BCUT2D eigenvalue weighted by molar-refractivity contribution is 0.0766. The molecule has 0 amide bonds. The molecule has 0 aromatic rings. The fourth-order valence-corrected chi connectivity index (χ4v) is 2.34. The molecular weight excluding hydrogens is 212 g/mol. The Kier molecular flexibility index (Phi) is 7.09. The van der Waals surface area contributed by atoms with Gasteiger partial charge < -0.3 is 15.4 Å². The number of piperidine rings is 1. The molecule has 0 radical (unpaired) electrons. The zero-order chi connectivity index (χ0) is 12.7. The van der Waals surface area contributed by atoms with E-state index in [1.165, 1.54) is 25.8 Å². The van der Waals surface area contributed by atoms with Crippen molar-refractivity contribution in [3.63, 3.8) is 0 Å². The van der Waals surface area contributed by atoms with Crippen LogP contribution in [0.5, 0.6) is 0 Å². The van der Waals surface area contributed by atoms with E-state index in [9.17, 15) is 0 Å². The quantitative estimate of drug-likeness (QED) is 0.695. The van der Waals surface area contributed by atoms with Gasteiger partial charge in [0.25, 0.3) is 0 Å². The van der Waals surface area contributed by atoms with E-state index in [4.69, 9.17) is 10.5 Å². The van der Waals surface area contributed by atoms with Gasteiger partial charge in [-0.1, -0.05) is 13.8 Å². The molecule has 1 aliphatic rings. The molecule has 3 nitrogen and oxygen atoms in total. The molecule has 0 aliphatic carbocycles. The average Bonchev–Trinajstić information content (AvgIpc) is 2.28. The van der Waals surface area contributed by atoms with E-state index in [0.717, 1.165) is 32.2 Å². The van der Waals surface area contributed by atoms with Crippen LogP contribution in [0.1, 0.15) is 40.0 Å². The highest BCUT2D eigenvalue weighted by Gasteiger charge is 2.22. The maximum Gasteiger partial charge on any atom is 0.0593 e. The number of ether oxygens (including phenoxy) is 1. The fourth-order valence-electron chi connectivity index (χ4n) is 2.34. The summed E-state index contributed by atoms with van der Waals surface area (Å²) in [6.45, 7) is 11.8. The second-order valence-electron chi connectivity index (χ2n) is 5.86. The van der Waals surface area contributed by atoms with Gasteiger partial charge in [-0.2, -0.15) is 0 Å². The Morgan fingerprint density at radius 3 is 2.71 bits per heavy atom. The molecule has 0 spiro atoms. The van der Waals surface area contributed by atoms with Gasteiger partial charge in [-0.05, 0) is 44.6 Å². The highest BCUT2D eigenvalue weighted by atomic mass is 16.5. The number of rotatable bonds is 7. The number of nitrogens with zero attached hydrogens (tertiary/aromatic N) is 1. The van der Waals surface area contributed by atoms with Crippen LogP contribution in [-0.2, 0) is 4.74 Å². The monoisotopic (exact) mass is 242 g/mol. The molecule has 102 valence electrons. The Labute approximate surface area is 107 Å². The molecule has 3 heteroatoms. The van der Waals surface area contributed by atoms with Crippen molar-refractivity contribution in [3.8, 4) is 0 Å². The molecule has 1 heterocycles. The first-order valence-electron chi connectivity index (χ1n) is 7.15. The molecule has 1 rings (SSSR count). The standard InChI is InChI=1S/C14H30N2O/c1-12(2)6-9-17-10-8-16-7-4-5-14(11-16)13(3)15/h12-14H,4-11,15H2,1-3H3. The van der Waals surface area contributed by atoms with Crippen LogP contribution in [-0.4, -0.2) is 43.8 Å². The number of likely N-dealkylation sites (tertiary alicyclic amines) is 1. The first-order chi connectivity index (χ1) is 8.09. The highest BCUT2D eigenvalue weighted by molar-refractivity contribution is 4.78. The summed E-state index contributed by atoms with van der Waals surface area (Å²) in [5, 5.41) is 0. The van der Waals surface area contributed by atoms with Gasteiger partial charge in [-0.3, -0.25) is 0 Å². The summed E-state index contributed by atoms with van der Waals surface area (Å²) in [5.74, 6) is 1.42. The summed E-state index contributed by atoms with van der Waals surface area (Å²) in [7, 11) is 0. The van der Waals surface area contributed by atoms with Crippen LogP contribution in [0.2, 0.25) is 0 Å². The third kappa shape index (κ3) is 6.39. The molecule has 1 fully saturated rings. The van der Waals surface area contributed by atoms with Gasteiger partial charge in [0.05, 0.1) is 6.61 Å². The lowest BCUT2D eigenvalue weighted by atomic mass is 9.92. The van der Waals surface area contributed by atoms with Crippen molar-refractivity contribution >= 4 is 0 Å². The van der Waals surface area contributed by atoms with Crippen LogP contribution in [0, 0.1) is 11.8 Å². The third-order valence-electron chi connectivity index (χ3n) is 3.68. The fraction of sp³-hybridized carbons (Fsp3) is 1.00. The molecule has 0 aromatic carbocycles. The highest BCUT2D eigenvalue weighted by Crippen LogP contribution is 2.18. The summed E-state index contributed by atoms with van der Waals surface area (Å²) in [4.78, 5) is 2.51. The van der Waals surface area contributed by atoms with Crippen molar-refractivity contribution in [2.45, 2.75) is 46.1 Å². The van der Waals surface area contributed by atoms with Gasteiger partial charge in [0.2, 0.25) is 0 Å². The van der Waals surface area contributed by atoms with E-state index >= 15 is 0 Å². The Morgan fingerprint density at radius 2 is 2.06 bits per heavy atom. The van der Waals surface area contributed by atoms with Crippen LogP contribution in [0.25, 0.3) is 0 Å². The van der Waals surface area contributed by atoms with Crippen LogP contribution in [0.4, 0.5) is 0 Å². The minimum Gasteiger partial charge on any atom is -0.380 e. The van der Waals surface area contributed by atoms with Crippen molar-refractivity contribution in [2.75, 3.05) is 32.8 Å². The lowest BCUT2D eigenvalue weighted by Crippen LogP contribution is -2.43. The first-order valence-corrected chi connectivity index (χ1v) is 7.15. The van der Waals surface area contributed by atoms with Gasteiger partial charge in [0.1, 0.15) is 0 Å². The predicted molar refractivity (Wildman–Crippen MR) is 73.1 cm³/mol. The minimum absolute atomic E-state index is 0.333. The Balaban J connectivity index is 2.06. The van der Waals surface area contributed by atoms with Gasteiger partial charge in [0.15, 0.2) is 0 Å². The molecule has 0 saturated carbocycles.